The Balaban J connectivity index is 2.09. The zero-order chi connectivity index (χ0) is 11.5. The van der Waals surface area contributed by atoms with E-state index in [2.05, 4.69) is 39.8 Å². The molecule has 0 fully saturated rings. The molecule has 0 aromatic heterocycles. The van der Waals surface area contributed by atoms with Gasteiger partial charge in [0, 0.05) is 20.9 Å². The van der Waals surface area contributed by atoms with E-state index >= 15 is 0 Å². The highest BCUT2D eigenvalue weighted by molar-refractivity contribution is 14.1. The van der Waals surface area contributed by atoms with E-state index in [1.807, 2.05) is 18.2 Å². The number of anilines is 1. The Hall–Kier alpha value is 0.0600. The number of aliphatic imine (C=N–C) groups is 1. The molecule has 0 aliphatic carbocycles. The van der Waals surface area contributed by atoms with Crippen LogP contribution < -0.4 is 5.32 Å². The molecule has 2 nitrogen and oxygen atoms in total. The summed E-state index contributed by atoms with van der Waals surface area (Å²) in [6.45, 7) is 3.14. The summed E-state index contributed by atoms with van der Waals surface area (Å²) in [7, 11) is 0. The number of rotatable bonds is 1. The number of hydrogen-bond donors (Lipinski definition) is 1. The van der Waals surface area contributed by atoms with Crippen molar-refractivity contribution in [2.75, 3.05) is 17.6 Å². The molecule has 1 aliphatic heterocycles. The van der Waals surface area contributed by atoms with Crippen LogP contribution in [0.15, 0.2) is 23.2 Å². The lowest BCUT2D eigenvalue weighted by atomic mass is 10.2. The van der Waals surface area contributed by atoms with E-state index < -0.39 is 0 Å². The number of nitrogens with one attached hydrogen (secondary N) is 1. The summed E-state index contributed by atoms with van der Waals surface area (Å²) in [5.74, 6) is 1.82. The van der Waals surface area contributed by atoms with E-state index in [9.17, 15) is 0 Å². The molecule has 1 aromatic rings. The first-order valence-corrected chi connectivity index (χ1v) is 7.48. The second kappa shape index (κ2) is 5.60. The first kappa shape index (κ1) is 12.5. The second-order valence-corrected chi connectivity index (χ2v) is 6.42. The average Bonchev–Trinajstić information content (AvgIpc) is 2.25. The number of halogens is 2. The van der Waals surface area contributed by atoms with E-state index in [0.717, 1.165) is 31.7 Å². The largest absolute Gasteiger partial charge is 0.334 e. The van der Waals surface area contributed by atoms with Crippen molar-refractivity contribution < 1.29 is 0 Å². The molecule has 1 aliphatic rings. The van der Waals surface area contributed by atoms with Crippen molar-refractivity contribution in [3.05, 3.63) is 26.8 Å². The van der Waals surface area contributed by atoms with E-state index in [-0.39, 0.29) is 0 Å². The molecule has 16 heavy (non-hydrogen) atoms. The highest BCUT2D eigenvalue weighted by Crippen LogP contribution is 2.25. The number of hydrogen-bond acceptors (Lipinski definition) is 3. The monoisotopic (exact) mass is 366 g/mol. The lowest BCUT2D eigenvalue weighted by molar-refractivity contribution is 0.674. The van der Waals surface area contributed by atoms with Crippen LogP contribution in [0.3, 0.4) is 0 Å². The molecule has 0 saturated heterocycles. The molecule has 2 rings (SSSR count). The van der Waals surface area contributed by atoms with Crippen molar-refractivity contribution in [3.8, 4) is 0 Å². The molecule has 1 heterocycles. The molecule has 0 bridgehead atoms. The van der Waals surface area contributed by atoms with E-state index in [0.29, 0.717) is 5.92 Å². The quantitative estimate of drug-likeness (QED) is 0.757. The first-order chi connectivity index (χ1) is 7.65. The molecule has 0 spiro atoms. The maximum Gasteiger partial charge on any atom is 0.161 e. The van der Waals surface area contributed by atoms with Gasteiger partial charge in [-0.1, -0.05) is 30.3 Å². The summed E-state index contributed by atoms with van der Waals surface area (Å²) in [6, 6.07) is 5.83. The molecule has 1 atom stereocenters. The summed E-state index contributed by atoms with van der Waals surface area (Å²) in [5, 5.41) is 5.12. The Kier molecular flexibility index (Phi) is 4.38. The fraction of sp³-hybridized carbons (Fsp3) is 0.364. The highest BCUT2D eigenvalue weighted by Gasteiger charge is 2.12. The van der Waals surface area contributed by atoms with Crippen LogP contribution >= 0.6 is 46.0 Å². The zero-order valence-corrected chi connectivity index (χ0v) is 12.6. The van der Waals surface area contributed by atoms with E-state index in [1.165, 1.54) is 0 Å². The molecular formula is C11H12ClIN2S. The molecule has 0 saturated carbocycles. The van der Waals surface area contributed by atoms with Gasteiger partial charge in [0.05, 0.1) is 5.69 Å². The van der Waals surface area contributed by atoms with Crippen LogP contribution in [0.1, 0.15) is 6.92 Å². The van der Waals surface area contributed by atoms with Crippen molar-refractivity contribution >= 4 is 56.8 Å². The Morgan fingerprint density at radius 2 is 2.38 bits per heavy atom. The predicted molar refractivity (Wildman–Crippen MR) is 81.7 cm³/mol. The number of nitrogens with zero attached hydrogens (tertiary/aromatic N) is 1. The Morgan fingerprint density at radius 1 is 1.56 bits per heavy atom. The first-order valence-electron chi connectivity index (χ1n) is 5.04. The normalized spacial score (nSPS) is 20.4. The minimum atomic E-state index is 0.680. The summed E-state index contributed by atoms with van der Waals surface area (Å²) in [5.41, 5.74) is 1.07. The summed E-state index contributed by atoms with van der Waals surface area (Å²) >= 11 is 9.97. The topological polar surface area (TPSA) is 24.4 Å². The molecule has 0 amide bonds. The third-order valence-corrected chi connectivity index (χ3v) is 4.59. The minimum Gasteiger partial charge on any atom is -0.334 e. The average molecular weight is 367 g/mol. The lowest BCUT2D eigenvalue weighted by Gasteiger charge is -2.18. The van der Waals surface area contributed by atoms with Gasteiger partial charge in [0.2, 0.25) is 0 Å². The van der Waals surface area contributed by atoms with Gasteiger partial charge in [-0.15, -0.1) is 0 Å². The molecule has 1 aromatic carbocycles. The Bertz CT molecular complexity index is 422. The highest BCUT2D eigenvalue weighted by atomic mass is 127. The van der Waals surface area contributed by atoms with Crippen LogP contribution in [0.25, 0.3) is 0 Å². The van der Waals surface area contributed by atoms with Crippen LogP contribution in [0.5, 0.6) is 0 Å². The van der Waals surface area contributed by atoms with Crippen LogP contribution in [-0.2, 0) is 0 Å². The third kappa shape index (κ3) is 3.28. The van der Waals surface area contributed by atoms with Gasteiger partial charge in [-0.25, -0.2) is 0 Å². The SMILES string of the molecule is CC1CN=C(Nc2ccc(Cl)cc2I)SC1. The number of thioether (sulfide) groups is 1. The van der Waals surface area contributed by atoms with Gasteiger partial charge < -0.3 is 5.32 Å². The van der Waals surface area contributed by atoms with Gasteiger partial charge in [-0.3, -0.25) is 4.99 Å². The van der Waals surface area contributed by atoms with Crippen molar-refractivity contribution in [1.29, 1.82) is 0 Å². The second-order valence-electron chi connectivity index (χ2n) is 3.81. The van der Waals surface area contributed by atoms with Crippen LogP contribution in [0, 0.1) is 9.49 Å². The Labute approximate surface area is 118 Å². The summed E-state index contributed by atoms with van der Waals surface area (Å²) < 4.78 is 1.12. The van der Waals surface area contributed by atoms with Crippen LogP contribution in [0.2, 0.25) is 5.02 Å². The molecular weight excluding hydrogens is 355 g/mol. The van der Waals surface area contributed by atoms with E-state index in [1.54, 1.807) is 11.8 Å². The van der Waals surface area contributed by atoms with Gasteiger partial charge >= 0.3 is 0 Å². The fourth-order valence-corrected chi connectivity index (χ4v) is 3.24. The van der Waals surface area contributed by atoms with Gasteiger partial charge in [-0.2, -0.15) is 0 Å². The van der Waals surface area contributed by atoms with E-state index in [4.69, 9.17) is 11.6 Å². The fourth-order valence-electron chi connectivity index (χ4n) is 1.34. The summed E-state index contributed by atoms with van der Waals surface area (Å²) in [6.07, 6.45) is 0. The van der Waals surface area contributed by atoms with Crippen molar-refractivity contribution in [2.24, 2.45) is 10.9 Å². The number of amidine groups is 1. The maximum absolute atomic E-state index is 5.91. The van der Waals surface area contributed by atoms with Gasteiger partial charge in [0.1, 0.15) is 0 Å². The standard InChI is InChI=1S/C11H12ClIN2S/c1-7-5-14-11(16-6-7)15-10-3-2-8(12)4-9(10)13/h2-4,7H,5-6H2,1H3,(H,14,15). The predicted octanol–water partition coefficient (Wildman–Crippen LogP) is 4.10. The molecule has 1 unspecified atom stereocenters. The number of benzene rings is 1. The molecule has 0 radical (unpaired) electrons. The maximum atomic E-state index is 5.91. The van der Waals surface area contributed by atoms with Crippen molar-refractivity contribution in [1.82, 2.24) is 0 Å². The smallest absolute Gasteiger partial charge is 0.161 e. The van der Waals surface area contributed by atoms with Crippen LogP contribution in [0.4, 0.5) is 5.69 Å². The van der Waals surface area contributed by atoms with Gasteiger partial charge in [0.15, 0.2) is 5.17 Å². The summed E-state index contributed by atoms with van der Waals surface area (Å²) in [4.78, 5) is 4.50. The lowest BCUT2D eigenvalue weighted by Crippen LogP contribution is -2.19. The Morgan fingerprint density at radius 3 is 3.00 bits per heavy atom. The van der Waals surface area contributed by atoms with Gasteiger partial charge in [0.25, 0.3) is 0 Å². The van der Waals surface area contributed by atoms with Crippen molar-refractivity contribution in [3.63, 3.8) is 0 Å². The zero-order valence-electron chi connectivity index (χ0n) is 8.84. The van der Waals surface area contributed by atoms with Crippen LogP contribution in [-0.4, -0.2) is 17.5 Å². The molecule has 1 N–H and O–H groups in total. The van der Waals surface area contributed by atoms with Crippen molar-refractivity contribution in [2.45, 2.75) is 6.92 Å². The minimum absolute atomic E-state index is 0.680. The third-order valence-electron chi connectivity index (χ3n) is 2.22. The molecule has 5 heteroatoms. The molecule has 86 valence electrons. The van der Waals surface area contributed by atoms with Gasteiger partial charge in [-0.05, 0) is 46.7 Å².